The van der Waals surface area contributed by atoms with Crippen LogP contribution in [-0.2, 0) is 0 Å². The Balaban J connectivity index is 1.39. The standard InChI is InChI=1S/C26H25ClN4O3/c1-17-16-30(13-14-31(17)26(32)28-19-9-7-18(27)8-10-19)25-21-12-11-20(33-2)15-24(21)34-23-6-4-3-5-22(23)29-25/h3-12,15,17H,13-14,16H2,1-2H3,(H,28,32)/t17-/m1/s1. The van der Waals surface area contributed by atoms with Crippen LogP contribution in [0.15, 0.2) is 71.7 Å². The third-order valence-corrected chi connectivity index (χ3v) is 6.28. The molecule has 0 saturated carbocycles. The van der Waals surface area contributed by atoms with Crippen LogP contribution in [-0.4, -0.2) is 54.5 Å². The predicted molar refractivity (Wildman–Crippen MR) is 134 cm³/mol. The van der Waals surface area contributed by atoms with E-state index in [2.05, 4.69) is 10.2 Å². The lowest BCUT2D eigenvalue weighted by atomic mass is 10.1. The first-order chi connectivity index (χ1) is 16.5. The molecule has 1 atom stereocenters. The van der Waals surface area contributed by atoms with Crippen LogP contribution < -0.4 is 14.8 Å². The number of carbonyl (C=O) groups is 1. The number of urea groups is 1. The van der Waals surface area contributed by atoms with Gasteiger partial charge in [-0.15, -0.1) is 0 Å². The molecule has 3 aromatic rings. The zero-order valence-electron chi connectivity index (χ0n) is 19.0. The number of piperazine rings is 1. The van der Waals surface area contributed by atoms with E-state index in [1.165, 1.54) is 0 Å². The molecule has 2 aliphatic rings. The molecule has 0 aliphatic carbocycles. The first kappa shape index (κ1) is 22.1. The number of amidine groups is 1. The van der Waals surface area contributed by atoms with Crippen LogP contribution in [0, 0.1) is 0 Å². The number of fused-ring (bicyclic) bond motifs is 2. The van der Waals surface area contributed by atoms with Crippen molar-refractivity contribution in [3.8, 4) is 17.2 Å². The molecule has 3 aromatic carbocycles. The van der Waals surface area contributed by atoms with Gasteiger partial charge in [0.25, 0.3) is 0 Å². The molecular formula is C26H25ClN4O3. The van der Waals surface area contributed by atoms with Crippen molar-refractivity contribution in [1.82, 2.24) is 9.80 Å². The predicted octanol–water partition coefficient (Wildman–Crippen LogP) is 5.77. The third-order valence-electron chi connectivity index (χ3n) is 6.02. The number of nitrogens with one attached hydrogen (secondary N) is 1. The second kappa shape index (κ2) is 9.27. The molecule has 0 aromatic heterocycles. The number of hydrogen-bond acceptors (Lipinski definition) is 5. The molecule has 0 spiro atoms. The minimum absolute atomic E-state index is 0.0233. The van der Waals surface area contributed by atoms with Gasteiger partial charge < -0.3 is 24.6 Å². The largest absolute Gasteiger partial charge is 0.497 e. The summed E-state index contributed by atoms with van der Waals surface area (Å²) in [6, 6.07) is 20.5. The zero-order valence-corrected chi connectivity index (χ0v) is 19.7. The maximum absolute atomic E-state index is 12.9. The van der Waals surface area contributed by atoms with Crippen molar-refractivity contribution in [1.29, 1.82) is 0 Å². The van der Waals surface area contributed by atoms with Gasteiger partial charge in [-0.2, -0.15) is 0 Å². The van der Waals surface area contributed by atoms with Crippen molar-refractivity contribution in [3.05, 3.63) is 77.3 Å². The number of para-hydroxylation sites is 2. The van der Waals surface area contributed by atoms with Gasteiger partial charge in [0.1, 0.15) is 23.0 Å². The minimum atomic E-state index is -0.129. The highest BCUT2D eigenvalue weighted by molar-refractivity contribution is 6.30. The number of carbonyl (C=O) groups excluding carboxylic acids is 1. The fourth-order valence-electron chi connectivity index (χ4n) is 4.25. The van der Waals surface area contributed by atoms with Gasteiger partial charge in [-0.25, -0.2) is 9.79 Å². The van der Waals surface area contributed by atoms with Crippen LogP contribution in [0.25, 0.3) is 0 Å². The van der Waals surface area contributed by atoms with E-state index < -0.39 is 0 Å². The fraction of sp³-hybridized carbons (Fsp3) is 0.231. The molecular weight excluding hydrogens is 452 g/mol. The molecule has 7 nitrogen and oxygen atoms in total. The molecule has 0 unspecified atom stereocenters. The normalized spacial score (nSPS) is 17.0. The average molecular weight is 477 g/mol. The van der Waals surface area contributed by atoms with E-state index in [0.717, 1.165) is 22.8 Å². The summed E-state index contributed by atoms with van der Waals surface area (Å²) in [5, 5.41) is 3.59. The summed E-state index contributed by atoms with van der Waals surface area (Å²) in [5.41, 5.74) is 2.38. The molecule has 34 heavy (non-hydrogen) atoms. The van der Waals surface area contributed by atoms with Crippen molar-refractivity contribution < 1.29 is 14.3 Å². The summed E-state index contributed by atoms with van der Waals surface area (Å²) in [6.07, 6.45) is 0. The number of rotatable bonds is 2. The Labute approximate surface area is 203 Å². The topological polar surface area (TPSA) is 66.4 Å². The molecule has 1 fully saturated rings. The van der Waals surface area contributed by atoms with Crippen LogP contribution in [0.3, 0.4) is 0 Å². The number of amides is 2. The number of benzene rings is 3. The highest BCUT2D eigenvalue weighted by Crippen LogP contribution is 2.39. The first-order valence-corrected chi connectivity index (χ1v) is 11.5. The summed E-state index contributed by atoms with van der Waals surface area (Å²) in [7, 11) is 1.64. The smallest absolute Gasteiger partial charge is 0.322 e. The lowest BCUT2D eigenvalue weighted by Gasteiger charge is -2.41. The van der Waals surface area contributed by atoms with Gasteiger partial charge in [-0.05, 0) is 55.5 Å². The lowest BCUT2D eigenvalue weighted by molar-refractivity contribution is 0.145. The van der Waals surface area contributed by atoms with Crippen LogP contribution in [0.5, 0.6) is 17.2 Å². The summed E-state index contributed by atoms with van der Waals surface area (Å²) in [6.45, 7) is 3.89. The monoisotopic (exact) mass is 476 g/mol. The van der Waals surface area contributed by atoms with Gasteiger partial charge in [0.15, 0.2) is 5.75 Å². The van der Waals surface area contributed by atoms with Crippen LogP contribution >= 0.6 is 11.6 Å². The molecule has 8 heteroatoms. The van der Waals surface area contributed by atoms with Crippen molar-refractivity contribution in [2.45, 2.75) is 13.0 Å². The molecule has 174 valence electrons. The van der Waals surface area contributed by atoms with Crippen LogP contribution in [0.1, 0.15) is 12.5 Å². The van der Waals surface area contributed by atoms with Crippen molar-refractivity contribution in [2.75, 3.05) is 32.1 Å². The van der Waals surface area contributed by atoms with E-state index in [1.54, 1.807) is 31.4 Å². The molecule has 2 amide bonds. The first-order valence-electron chi connectivity index (χ1n) is 11.1. The summed E-state index contributed by atoms with van der Waals surface area (Å²) in [4.78, 5) is 22.0. The Hall–Kier alpha value is -3.71. The van der Waals surface area contributed by atoms with Crippen LogP contribution in [0.4, 0.5) is 16.2 Å². The summed E-state index contributed by atoms with van der Waals surface area (Å²) < 4.78 is 11.6. The number of ether oxygens (including phenoxy) is 2. The molecule has 0 bridgehead atoms. The molecule has 1 N–H and O–H groups in total. The number of hydrogen-bond donors (Lipinski definition) is 1. The number of halogens is 1. The molecule has 2 heterocycles. The second-order valence-corrected chi connectivity index (χ2v) is 8.73. The maximum atomic E-state index is 12.9. The van der Waals surface area contributed by atoms with E-state index in [4.69, 9.17) is 26.1 Å². The Morgan fingerprint density at radius 1 is 1.09 bits per heavy atom. The average Bonchev–Trinajstić information content (AvgIpc) is 3.01. The second-order valence-electron chi connectivity index (χ2n) is 8.29. The van der Waals surface area contributed by atoms with E-state index >= 15 is 0 Å². The molecule has 1 saturated heterocycles. The van der Waals surface area contributed by atoms with Gasteiger partial charge in [-0.3, -0.25) is 0 Å². The minimum Gasteiger partial charge on any atom is -0.497 e. The van der Waals surface area contributed by atoms with Crippen molar-refractivity contribution in [3.63, 3.8) is 0 Å². The van der Waals surface area contributed by atoms with Gasteiger partial charge in [-0.1, -0.05) is 23.7 Å². The number of nitrogens with zero attached hydrogens (tertiary/aromatic N) is 3. The molecule has 0 radical (unpaired) electrons. The maximum Gasteiger partial charge on any atom is 0.322 e. The highest BCUT2D eigenvalue weighted by atomic mass is 35.5. The van der Waals surface area contributed by atoms with Crippen molar-refractivity contribution in [2.24, 2.45) is 4.99 Å². The van der Waals surface area contributed by atoms with Gasteiger partial charge in [0, 0.05) is 42.5 Å². The van der Waals surface area contributed by atoms with E-state index in [-0.39, 0.29) is 12.1 Å². The highest BCUT2D eigenvalue weighted by Gasteiger charge is 2.31. The summed E-state index contributed by atoms with van der Waals surface area (Å²) >= 11 is 5.95. The van der Waals surface area contributed by atoms with Gasteiger partial charge >= 0.3 is 6.03 Å². The van der Waals surface area contributed by atoms with Gasteiger partial charge in [0.2, 0.25) is 0 Å². The van der Waals surface area contributed by atoms with E-state index in [1.807, 2.05) is 54.3 Å². The Morgan fingerprint density at radius 2 is 1.88 bits per heavy atom. The number of aliphatic imine (C=N–C) groups is 1. The Bertz CT molecular complexity index is 1250. The zero-order chi connectivity index (χ0) is 23.7. The van der Waals surface area contributed by atoms with E-state index in [0.29, 0.717) is 41.8 Å². The molecule has 5 rings (SSSR count). The van der Waals surface area contributed by atoms with Crippen molar-refractivity contribution >= 4 is 34.8 Å². The fourth-order valence-corrected chi connectivity index (χ4v) is 4.37. The number of methoxy groups -OCH3 is 1. The number of anilines is 1. The van der Waals surface area contributed by atoms with Crippen LogP contribution in [0.2, 0.25) is 5.02 Å². The lowest BCUT2D eigenvalue weighted by Crippen LogP contribution is -2.56. The SMILES string of the molecule is COc1ccc2c(c1)Oc1ccccc1N=C2N1CCN(C(=O)Nc2ccc(Cl)cc2)[C@H](C)C1. The third kappa shape index (κ3) is 4.39. The van der Waals surface area contributed by atoms with Gasteiger partial charge in [0.05, 0.1) is 12.7 Å². The quantitative estimate of drug-likeness (QED) is 0.509. The Kier molecular flexibility index (Phi) is 6.02. The van der Waals surface area contributed by atoms with E-state index in [9.17, 15) is 4.79 Å². The molecule has 2 aliphatic heterocycles. The Morgan fingerprint density at radius 3 is 2.65 bits per heavy atom. The summed E-state index contributed by atoms with van der Waals surface area (Å²) in [5.74, 6) is 2.93.